The lowest BCUT2D eigenvalue weighted by Gasteiger charge is -2.23. The second kappa shape index (κ2) is 4.99. The molecule has 3 aromatic heterocycles. The zero-order valence-electron chi connectivity index (χ0n) is 12.3. The summed E-state index contributed by atoms with van der Waals surface area (Å²) in [7, 11) is 0. The van der Waals surface area contributed by atoms with E-state index in [1.54, 1.807) is 23.9 Å². The average Bonchev–Trinajstić information content (AvgIpc) is 3.31. The maximum atomic E-state index is 4.84. The standard InChI is InChI=1S/C16H14N6S/c1-2-6-13-11(4-1)19-16(23-13)12-5-3-8-22(12)14-15-20-18-10-21(15)9-7-17-14/h1-2,4,6-7,9-10,12H,3,5,8H2/t12-/m1/s1. The van der Waals surface area contributed by atoms with E-state index < -0.39 is 0 Å². The second-order valence-electron chi connectivity index (χ2n) is 5.68. The number of aromatic nitrogens is 5. The lowest BCUT2D eigenvalue weighted by molar-refractivity contribution is 0.707. The molecule has 0 N–H and O–H groups in total. The Labute approximate surface area is 136 Å². The average molecular weight is 322 g/mol. The van der Waals surface area contributed by atoms with Crippen molar-refractivity contribution in [3.8, 4) is 0 Å². The van der Waals surface area contributed by atoms with E-state index in [2.05, 4.69) is 38.3 Å². The third kappa shape index (κ3) is 2.00. The summed E-state index contributed by atoms with van der Waals surface area (Å²) in [5.41, 5.74) is 1.88. The second-order valence-corrected chi connectivity index (χ2v) is 6.75. The Kier molecular flexibility index (Phi) is 2.81. The first-order chi connectivity index (χ1) is 11.4. The van der Waals surface area contributed by atoms with Crippen LogP contribution < -0.4 is 4.90 Å². The first-order valence-electron chi connectivity index (χ1n) is 7.66. The van der Waals surface area contributed by atoms with Gasteiger partial charge in [0.2, 0.25) is 5.65 Å². The van der Waals surface area contributed by atoms with Gasteiger partial charge in [0.05, 0.1) is 16.3 Å². The van der Waals surface area contributed by atoms with Crippen molar-refractivity contribution in [1.29, 1.82) is 0 Å². The molecule has 4 aromatic rings. The minimum atomic E-state index is 0.266. The fourth-order valence-electron chi connectivity index (χ4n) is 3.26. The summed E-state index contributed by atoms with van der Waals surface area (Å²) in [6.45, 7) is 0.972. The molecule has 0 spiro atoms. The normalized spacial score (nSPS) is 18.3. The van der Waals surface area contributed by atoms with Gasteiger partial charge in [-0.25, -0.2) is 9.97 Å². The summed E-state index contributed by atoms with van der Waals surface area (Å²) >= 11 is 1.78. The zero-order chi connectivity index (χ0) is 15.2. The summed E-state index contributed by atoms with van der Waals surface area (Å²) in [6, 6.07) is 8.58. The summed E-state index contributed by atoms with van der Waals surface area (Å²) in [5.74, 6) is 0.895. The summed E-state index contributed by atoms with van der Waals surface area (Å²) in [5, 5.41) is 9.38. The van der Waals surface area contributed by atoms with Gasteiger partial charge in [0.15, 0.2) is 5.82 Å². The molecule has 114 valence electrons. The molecule has 0 unspecified atom stereocenters. The largest absolute Gasteiger partial charge is 0.344 e. The number of para-hydroxylation sites is 1. The van der Waals surface area contributed by atoms with Crippen molar-refractivity contribution in [2.45, 2.75) is 18.9 Å². The van der Waals surface area contributed by atoms with Crippen molar-refractivity contribution in [3.05, 3.63) is 48.0 Å². The molecule has 7 heteroatoms. The predicted molar refractivity (Wildman–Crippen MR) is 89.7 cm³/mol. The van der Waals surface area contributed by atoms with Gasteiger partial charge in [-0.05, 0) is 25.0 Å². The predicted octanol–water partition coefficient (Wildman–Crippen LogP) is 3.08. The van der Waals surface area contributed by atoms with E-state index in [0.717, 1.165) is 41.4 Å². The Morgan fingerprint density at radius 1 is 1.22 bits per heavy atom. The van der Waals surface area contributed by atoms with Gasteiger partial charge in [-0.15, -0.1) is 21.5 Å². The zero-order valence-corrected chi connectivity index (χ0v) is 13.1. The molecule has 1 saturated heterocycles. The number of nitrogens with zero attached hydrogens (tertiary/aromatic N) is 6. The highest BCUT2D eigenvalue weighted by atomic mass is 32.1. The molecule has 0 saturated carbocycles. The van der Waals surface area contributed by atoms with Crippen LogP contribution in [0.15, 0.2) is 43.0 Å². The van der Waals surface area contributed by atoms with Crippen LogP contribution >= 0.6 is 11.3 Å². The molecule has 23 heavy (non-hydrogen) atoms. The Bertz CT molecular complexity index is 957. The van der Waals surface area contributed by atoms with Crippen molar-refractivity contribution >= 4 is 33.0 Å². The van der Waals surface area contributed by atoms with Crippen LogP contribution in [0, 0.1) is 0 Å². The number of hydrogen-bond donors (Lipinski definition) is 0. The molecule has 0 radical (unpaired) electrons. The van der Waals surface area contributed by atoms with Crippen molar-refractivity contribution in [1.82, 2.24) is 24.6 Å². The van der Waals surface area contributed by atoms with Gasteiger partial charge in [0.25, 0.3) is 0 Å². The Balaban J connectivity index is 1.61. The monoisotopic (exact) mass is 322 g/mol. The summed E-state index contributed by atoms with van der Waals surface area (Å²) in [6.07, 6.45) is 7.62. The fraction of sp³-hybridized carbons (Fsp3) is 0.250. The molecule has 1 aliphatic heterocycles. The molecule has 1 aliphatic rings. The lowest BCUT2D eigenvalue weighted by Crippen LogP contribution is -2.24. The fourth-order valence-corrected chi connectivity index (χ4v) is 4.37. The Morgan fingerprint density at radius 3 is 3.13 bits per heavy atom. The highest BCUT2D eigenvalue weighted by Crippen LogP contribution is 2.39. The van der Waals surface area contributed by atoms with E-state index in [4.69, 9.17) is 4.98 Å². The van der Waals surface area contributed by atoms with Crippen LogP contribution in [0.25, 0.3) is 15.9 Å². The van der Waals surface area contributed by atoms with Crippen molar-refractivity contribution < 1.29 is 0 Å². The van der Waals surface area contributed by atoms with E-state index in [-0.39, 0.29) is 6.04 Å². The van der Waals surface area contributed by atoms with E-state index >= 15 is 0 Å². The van der Waals surface area contributed by atoms with Gasteiger partial charge < -0.3 is 4.90 Å². The number of hydrogen-bond acceptors (Lipinski definition) is 6. The molecular weight excluding hydrogens is 308 g/mol. The topological polar surface area (TPSA) is 59.2 Å². The highest BCUT2D eigenvalue weighted by Gasteiger charge is 2.31. The van der Waals surface area contributed by atoms with Gasteiger partial charge in [-0.3, -0.25) is 4.40 Å². The molecular formula is C16H14N6S. The van der Waals surface area contributed by atoms with Crippen molar-refractivity contribution in [2.75, 3.05) is 11.4 Å². The van der Waals surface area contributed by atoms with E-state index in [0.29, 0.717) is 0 Å². The Hall–Kier alpha value is -2.54. The minimum Gasteiger partial charge on any atom is -0.344 e. The molecule has 0 bridgehead atoms. The van der Waals surface area contributed by atoms with Gasteiger partial charge in [0.1, 0.15) is 11.3 Å². The lowest BCUT2D eigenvalue weighted by atomic mass is 10.2. The van der Waals surface area contributed by atoms with Gasteiger partial charge in [0, 0.05) is 18.9 Å². The van der Waals surface area contributed by atoms with Crippen molar-refractivity contribution in [2.24, 2.45) is 0 Å². The molecule has 1 atom stereocenters. The first kappa shape index (κ1) is 13.0. The van der Waals surface area contributed by atoms with E-state index in [9.17, 15) is 0 Å². The molecule has 5 rings (SSSR count). The first-order valence-corrected chi connectivity index (χ1v) is 8.48. The number of fused-ring (bicyclic) bond motifs is 2. The molecule has 1 fully saturated rings. The number of anilines is 1. The Morgan fingerprint density at radius 2 is 2.17 bits per heavy atom. The van der Waals surface area contributed by atoms with Crippen LogP contribution in [0.5, 0.6) is 0 Å². The number of benzene rings is 1. The van der Waals surface area contributed by atoms with Crippen LogP contribution in [-0.2, 0) is 0 Å². The molecule has 4 heterocycles. The van der Waals surface area contributed by atoms with Crippen LogP contribution in [0.1, 0.15) is 23.9 Å². The molecule has 6 nitrogen and oxygen atoms in total. The van der Waals surface area contributed by atoms with Gasteiger partial charge in [-0.1, -0.05) is 12.1 Å². The highest BCUT2D eigenvalue weighted by molar-refractivity contribution is 7.18. The van der Waals surface area contributed by atoms with E-state index in [1.165, 1.54) is 4.70 Å². The summed E-state index contributed by atoms with van der Waals surface area (Å²) in [4.78, 5) is 11.7. The van der Waals surface area contributed by atoms with Crippen LogP contribution in [0.2, 0.25) is 0 Å². The summed E-state index contributed by atoms with van der Waals surface area (Å²) < 4.78 is 3.15. The molecule has 0 amide bonds. The van der Waals surface area contributed by atoms with Crippen LogP contribution in [0.3, 0.4) is 0 Å². The van der Waals surface area contributed by atoms with E-state index in [1.807, 2.05) is 16.7 Å². The van der Waals surface area contributed by atoms with Gasteiger partial charge in [-0.2, -0.15) is 0 Å². The SMILES string of the molecule is c1ccc2sc([C@H]3CCCN3c3nccn4cnnc34)nc2c1. The smallest absolute Gasteiger partial charge is 0.203 e. The van der Waals surface area contributed by atoms with Crippen LogP contribution in [0.4, 0.5) is 5.82 Å². The van der Waals surface area contributed by atoms with Crippen molar-refractivity contribution in [3.63, 3.8) is 0 Å². The number of rotatable bonds is 2. The van der Waals surface area contributed by atoms with Crippen LogP contribution in [-0.4, -0.2) is 31.1 Å². The molecule has 1 aromatic carbocycles. The van der Waals surface area contributed by atoms with Gasteiger partial charge >= 0.3 is 0 Å². The third-order valence-corrected chi connectivity index (χ3v) is 5.46. The quantitative estimate of drug-likeness (QED) is 0.567. The maximum absolute atomic E-state index is 4.84. The molecule has 0 aliphatic carbocycles. The third-order valence-electron chi connectivity index (χ3n) is 4.32. The minimum absolute atomic E-state index is 0.266. The maximum Gasteiger partial charge on any atom is 0.203 e. The number of thiazole rings is 1.